The van der Waals surface area contributed by atoms with Crippen LogP contribution in [0.2, 0.25) is 0 Å². The molecule has 0 spiro atoms. The molecule has 6 N–H and O–H groups in total. The molecule has 9 heteroatoms. The van der Waals surface area contributed by atoms with Gasteiger partial charge in [0.05, 0.1) is 13.0 Å². The Morgan fingerprint density at radius 2 is 1.71 bits per heavy atom. The molecular formula is C26H35N4O5. The Bertz CT molecular complexity index is 921. The number of amides is 3. The normalized spacial score (nSPS) is 12.4. The summed E-state index contributed by atoms with van der Waals surface area (Å²) in [6, 6.07) is 16.4. The number of carbonyl (C=O) groups excluding carboxylic acids is 3. The number of nitrogens with two attached hydrogens (primary N) is 1. The fourth-order valence-electron chi connectivity index (χ4n) is 3.14. The molecule has 0 aliphatic rings. The third kappa shape index (κ3) is 11.0. The van der Waals surface area contributed by atoms with Gasteiger partial charge in [-0.05, 0) is 29.7 Å². The van der Waals surface area contributed by atoms with Crippen LogP contribution in [0, 0.1) is 12.3 Å². The van der Waals surface area contributed by atoms with Gasteiger partial charge in [0.15, 0.2) is 0 Å². The highest BCUT2D eigenvalue weighted by Crippen LogP contribution is 2.16. The summed E-state index contributed by atoms with van der Waals surface area (Å²) in [5, 5.41) is 17.3. The molecule has 2 unspecified atom stereocenters. The van der Waals surface area contributed by atoms with E-state index in [4.69, 9.17) is 15.6 Å². The lowest BCUT2D eigenvalue weighted by Gasteiger charge is -2.19. The van der Waals surface area contributed by atoms with Crippen molar-refractivity contribution in [3.63, 3.8) is 0 Å². The molecule has 0 bridgehead atoms. The van der Waals surface area contributed by atoms with Crippen LogP contribution in [-0.2, 0) is 27.4 Å². The maximum absolute atomic E-state index is 12.8. The second kappa shape index (κ2) is 15.5. The number of ether oxygens (including phenoxy) is 1. The minimum Gasteiger partial charge on any atom is -0.489 e. The van der Waals surface area contributed by atoms with Crippen molar-refractivity contribution in [3.05, 3.63) is 72.1 Å². The maximum atomic E-state index is 12.8. The first-order valence-electron chi connectivity index (χ1n) is 11.7. The summed E-state index contributed by atoms with van der Waals surface area (Å²) >= 11 is 0. The molecule has 0 aromatic heterocycles. The highest BCUT2D eigenvalue weighted by molar-refractivity contribution is 5.91. The maximum Gasteiger partial charge on any atom is 0.242 e. The molecule has 189 valence electrons. The third-order valence-corrected chi connectivity index (χ3v) is 5.28. The number of carbonyl (C=O) groups is 3. The van der Waals surface area contributed by atoms with Gasteiger partial charge in [-0.2, -0.15) is 0 Å². The molecule has 9 nitrogen and oxygen atoms in total. The topological polar surface area (TPSA) is 143 Å². The lowest BCUT2D eigenvalue weighted by atomic mass is 10.0. The Morgan fingerprint density at radius 1 is 1.00 bits per heavy atom. The molecule has 0 fully saturated rings. The molecule has 1 radical (unpaired) electrons. The average molecular weight is 484 g/mol. The first kappa shape index (κ1) is 27.8. The van der Waals surface area contributed by atoms with Crippen molar-refractivity contribution in [1.82, 2.24) is 16.0 Å². The van der Waals surface area contributed by atoms with Crippen molar-refractivity contribution in [2.24, 2.45) is 11.7 Å². The van der Waals surface area contributed by atoms with Crippen molar-refractivity contribution in [2.75, 3.05) is 26.2 Å². The summed E-state index contributed by atoms with van der Waals surface area (Å²) in [5.74, 6) is -1.04. The molecule has 0 saturated heterocycles. The molecule has 35 heavy (non-hydrogen) atoms. The Hall–Kier alpha value is -3.43. The smallest absolute Gasteiger partial charge is 0.242 e. The summed E-state index contributed by atoms with van der Waals surface area (Å²) < 4.78 is 5.81. The number of primary amides is 1. The van der Waals surface area contributed by atoms with Crippen molar-refractivity contribution in [1.29, 1.82) is 0 Å². The molecule has 2 aromatic carbocycles. The average Bonchev–Trinajstić information content (AvgIpc) is 2.86. The number of nitrogens with one attached hydrogen (secondary N) is 3. The van der Waals surface area contributed by atoms with Crippen LogP contribution in [0.25, 0.3) is 0 Å². The number of aliphatic hydroxyl groups excluding tert-OH is 1. The van der Waals surface area contributed by atoms with Crippen molar-refractivity contribution in [2.45, 2.75) is 32.4 Å². The van der Waals surface area contributed by atoms with Crippen LogP contribution < -0.4 is 26.4 Å². The molecule has 0 saturated carbocycles. The standard InChI is InChI=1S/C26H35N4O5/c1-19(25(27)33)7-12-24(32)30-23(26(34)29-14-13-28-15-16-31)17-20-8-10-22(11-9-20)35-18-21-5-3-2-4-6-21/h2-6,8-12,19,23,28,31H,7,13-18H2,1H3,(H2,27,33)(H,29,34)(H,30,32). The van der Waals surface area contributed by atoms with Crippen molar-refractivity contribution in [3.8, 4) is 5.75 Å². The van der Waals surface area contributed by atoms with Gasteiger partial charge in [0, 0.05) is 32.0 Å². The van der Waals surface area contributed by atoms with Gasteiger partial charge in [0.25, 0.3) is 0 Å². The molecule has 0 aliphatic carbocycles. The highest BCUT2D eigenvalue weighted by atomic mass is 16.5. The van der Waals surface area contributed by atoms with E-state index in [2.05, 4.69) is 16.0 Å². The van der Waals surface area contributed by atoms with Crippen LogP contribution in [0.5, 0.6) is 5.75 Å². The zero-order chi connectivity index (χ0) is 25.5. The van der Waals surface area contributed by atoms with E-state index in [1.807, 2.05) is 54.6 Å². The summed E-state index contributed by atoms with van der Waals surface area (Å²) in [4.78, 5) is 36.4. The summed E-state index contributed by atoms with van der Waals surface area (Å²) in [6.07, 6.45) is 1.80. The predicted octanol–water partition coefficient (Wildman–Crippen LogP) is 0.707. The van der Waals surface area contributed by atoms with Gasteiger partial charge in [-0.1, -0.05) is 49.4 Å². The van der Waals surface area contributed by atoms with Gasteiger partial charge in [-0.15, -0.1) is 0 Å². The molecule has 0 heterocycles. The quantitative estimate of drug-likeness (QED) is 0.223. The Kier molecular flexibility index (Phi) is 12.3. The van der Waals surface area contributed by atoms with E-state index in [9.17, 15) is 14.4 Å². The van der Waals surface area contributed by atoms with Gasteiger partial charge >= 0.3 is 0 Å². The molecule has 2 rings (SSSR count). The first-order valence-corrected chi connectivity index (χ1v) is 11.7. The van der Waals surface area contributed by atoms with Crippen LogP contribution in [0.4, 0.5) is 0 Å². The van der Waals surface area contributed by atoms with E-state index in [1.165, 1.54) is 6.42 Å². The summed E-state index contributed by atoms with van der Waals surface area (Å²) in [7, 11) is 0. The Balaban J connectivity index is 1.95. The van der Waals surface area contributed by atoms with Crippen LogP contribution in [-0.4, -0.2) is 55.1 Å². The Morgan fingerprint density at radius 3 is 2.37 bits per heavy atom. The highest BCUT2D eigenvalue weighted by Gasteiger charge is 2.22. The van der Waals surface area contributed by atoms with E-state index >= 15 is 0 Å². The zero-order valence-electron chi connectivity index (χ0n) is 20.0. The number of aliphatic hydroxyl groups is 1. The second-order valence-corrected chi connectivity index (χ2v) is 8.19. The lowest BCUT2D eigenvalue weighted by molar-refractivity contribution is -0.127. The third-order valence-electron chi connectivity index (χ3n) is 5.28. The van der Waals surface area contributed by atoms with Gasteiger partial charge in [0.2, 0.25) is 17.7 Å². The van der Waals surface area contributed by atoms with E-state index in [0.29, 0.717) is 32.0 Å². The summed E-state index contributed by atoms with van der Waals surface area (Å²) in [6.45, 7) is 3.36. The van der Waals surface area contributed by atoms with E-state index in [1.54, 1.807) is 6.92 Å². The van der Waals surface area contributed by atoms with E-state index in [0.717, 1.165) is 11.1 Å². The van der Waals surface area contributed by atoms with Gasteiger partial charge < -0.3 is 31.5 Å². The predicted molar refractivity (Wildman–Crippen MR) is 133 cm³/mol. The van der Waals surface area contributed by atoms with Crippen LogP contribution >= 0.6 is 0 Å². The fourth-order valence-corrected chi connectivity index (χ4v) is 3.14. The van der Waals surface area contributed by atoms with Crippen molar-refractivity contribution >= 4 is 17.7 Å². The van der Waals surface area contributed by atoms with Gasteiger partial charge in [-0.3, -0.25) is 14.4 Å². The van der Waals surface area contributed by atoms with Crippen LogP contribution in [0.1, 0.15) is 24.5 Å². The minimum absolute atomic E-state index is 0.0112. The molecular weight excluding hydrogens is 448 g/mol. The summed E-state index contributed by atoms with van der Waals surface area (Å²) in [5.41, 5.74) is 7.15. The first-order chi connectivity index (χ1) is 16.9. The lowest BCUT2D eigenvalue weighted by Crippen LogP contribution is -2.49. The molecule has 2 atom stereocenters. The van der Waals surface area contributed by atoms with Gasteiger partial charge in [-0.25, -0.2) is 0 Å². The second-order valence-electron chi connectivity index (χ2n) is 8.19. The van der Waals surface area contributed by atoms with E-state index < -0.39 is 23.8 Å². The van der Waals surface area contributed by atoms with Crippen LogP contribution in [0.15, 0.2) is 54.6 Å². The van der Waals surface area contributed by atoms with E-state index in [-0.39, 0.29) is 25.4 Å². The molecule has 3 amide bonds. The zero-order valence-corrected chi connectivity index (χ0v) is 20.0. The van der Waals surface area contributed by atoms with Crippen molar-refractivity contribution < 1.29 is 24.2 Å². The molecule has 2 aromatic rings. The SMILES string of the molecule is CC(C[CH]C(=O)NC(Cc1ccc(OCc2ccccc2)cc1)C(=O)NCCNCCO)C(N)=O. The largest absolute Gasteiger partial charge is 0.489 e. The fraction of sp³-hybridized carbons (Fsp3) is 0.385. The monoisotopic (exact) mass is 483 g/mol. The number of hydrogen-bond acceptors (Lipinski definition) is 6. The number of benzene rings is 2. The van der Waals surface area contributed by atoms with Crippen LogP contribution in [0.3, 0.4) is 0 Å². The minimum atomic E-state index is -0.809. The number of rotatable bonds is 16. The van der Waals surface area contributed by atoms with Gasteiger partial charge in [0.1, 0.15) is 18.4 Å². The number of hydrogen-bond donors (Lipinski definition) is 5. The molecule has 0 aliphatic heterocycles. The Labute approximate surface area is 206 Å².